The van der Waals surface area contributed by atoms with E-state index in [1.54, 1.807) is 0 Å². The number of carbonyl (C=O) groups excluding carboxylic acids is 2. The molecule has 0 saturated carbocycles. The maximum atomic E-state index is 11.3. The summed E-state index contributed by atoms with van der Waals surface area (Å²) in [4.78, 5) is 21.5. The van der Waals surface area contributed by atoms with Crippen molar-refractivity contribution in [2.45, 2.75) is 25.2 Å². The van der Waals surface area contributed by atoms with Crippen LogP contribution in [0, 0.1) is 0 Å². The van der Waals surface area contributed by atoms with Crippen LogP contribution in [0.1, 0.15) is 24.7 Å². The smallest absolute Gasteiger partial charge is 0.306 e. The summed E-state index contributed by atoms with van der Waals surface area (Å²) in [6.45, 7) is 0.596. The molecule has 0 radical (unpaired) electrons. The van der Waals surface area contributed by atoms with Gasteiger partial charge in [0.25, 0.3) is 0 Å². The highest BCUT2D eigenvalue weighted by molar-refractivity contribution is 5.72. The molecule has 0 aliphatic carbocycles. The van der Waals surface area contributed by atoms with Crippen molar-refractivity contribution in [1.82, 2.24) is 0 Å². The first-order valence-electron chi connectivity index (χ1n) is 6.21. The van der Waals surface area contributed by atoms with Gasteiger partial charge in [-0.05, 0) is 0 Å². The summed E-state index contributed by atoms with van der Waals surface area (Å²) in [6.07, 6.45) is 0.160. The second-order valence-electron chi connectivity index (χ2n) is 4.23. The van der Waals surface area contributed by atoms with Gasteiger partial charge in [-0.25, -0.2) is 0 Å². The molecule has 0 amide bonds. The van der Waals surface area contributed by atoms with Crippen molar-refractivity contribution in [2.75, 3.05) is 13.2 Å². The minimum atomic E-state index is -0.411. The Bertz CT molecular complexity index is 409. The van der Waals surface area contributed by atoms with Gasteiger partial charge in [0.15, 0.2) is 6.29 Å². The Kier molecular flexibility index (Phi) is 5.06. The molecule has 2 rings (SSSR count). The molecule has 5 nitrogen and oxygen atoms in total. The van der Waals surface area contributed by atoms with E-state index >= 15 is 0 Å². The number of esters is 1. The zero-order valence-corrected chi connectivity index (χ0v) is 10.5. The van der Waals surface area contributed by atoms with Gasteiger partial charge in [0.05, 0.1) is 19.6 Å². The molecule has 0 unspecified atom stereocenters. The molecule has 0 atom stereocenters. The molecule has 102 valence electrons. The SMILES string of the molecule is O=CCCC(=O)OC1COC(c2ccccc2)OC1. The average Bonchev–Trinajstić information content (AvgIpc) is 2.47. The van der Waals surface area contributed by atoms with Gasteiger partial charge in [0.1, 0.15) is 12.4 Å². The van der Waals surface area contributed by atoms with Gasteiger partial charge < -0.3 is 19.0 Å². The van der Waals surface area contributed by atoms with Crippen molar-refractivity contribution >= 4 is 12.3 Å². The van der Waals surface area contributed by atoms with Crippen LogP contribution in [0.15, 0.2) is 30.3 Å². The van der Waals surface area contributed by atoms with Crippen LogP contribution in [0.2, 0.25) is 0 Å². The highest BCUT2D eigenvalue weighted by atomic mass is 16.7. The summed E-state index contributed by atoms with van der Waals surface area (Å²) in [5.74, 6) is -0.400. The number of benzene rings is 1. The molecule has 0 aromatic heterocycles. The van der Waals surface area contributed by atoms with E-state index in [9.17, 15) is 9.59 Å². The summed E-state index contributed by atoms with van der Waals surface area (Å²) in [5, 5.41) is 0. The van der Waals surface area contributed by atoms with E-state index in [1.165, 1.54) is 0 Å². The molecule has 1 aromatic rings. The highest BCUT2D eigenvalue weighted by Crippen LogP contribution is 2.23. The fourth-order valence-corrected chi connectivity index (χ4v) is 1.78. The van der Waals surface area contributed by atoms with Crippen molar-refractivity contribution in [1.29, 1.82) is 0 Å². The Hall–Kier alpha value is -1.72. The van der Waals surface area contributed by atoms with Crippen molar-refractivity contribution in [3.63, 3.8) is 0 Å². The maximum Gasteiger partial charge on any atom is 0.306 e. The highest BCUT2D eigenvalue weighted by Gasteiger charge is 2.25. The lowest BCUT2D eigenvalue weighted by Crippen LogP contribution is -2.35. The Morgan fingerprint density at radius 1 is 1.26 bits per heavy atom. The summed E-state index contributed by atoms with van der Waals surface area (Å²) in [5.41, 5.74) is 0.938. The van der Waals surface area contributed by atoms with Gasteiger partial charge in [0.2, 0.25) is 0 Å². The third kappa shape index (κ3) is 4.15. The Morgan fingerprint density at radius 2 is 1.95 bits per heavy atom. The molecule has 19 heavy (non-hydrogen) atoms. The van der Waals surface area contributed by atoms with E-state index < -0.39 is 18.4 Å². The Morgan fingerprint density at radius 3 is 2.58 bits per heavy atom. The number of ether oxygens (including phenoxy) is 3. The van der Waals surface area contributed by atoms with E-state index in [0.29, 0.717) is 19.5 Å². The molecule has 1 aliphatic heterocycles. The van der Waals surface area contributed by atoms with E-state index in [2.05, 4.69) is 0 Å². The molecule has 1 saturated heterocycles. The third-order valence-electron chi connectivity index (χ3n) is 2.70. The average molecular weight is 264 g/mol. The normalized spacial score (nSPS) is 22.7. The van der Waals surface area contributed by atoms with Crippen LogP contribution in [-0.2, 0) is 23.8 Å². The van der Waals surface area contributed by atoms with Gasteiger partial charge in [-0.3, -0.25) is 4.79 Å². The third-order valence-corrected chi connectivity index (χ3v) is 2.70. The molecule has 1 heterocycles. The Labute approximate surface area is 111 Å². The van der Waals surface area contributed by atoms with Crippen molar-refractivity contribution in [3.8, 4) is 0 Å². The van der Waals surface area contributed by atoms with E-state index in [0.717, 1.165) is 5.56 Å². The molecule has 0 bridgehead atoms. The second kappa shape index (κ2) is 7.01. The van der Waals surface area contributed by atoms with Gasteiger partial charge in [-0.1, -0.05) is 30.3 Å². The quantitative estimate of drug-likeness (QED) is 0.597. The summed E-state index contributed by atoms with van der Waals surface area (Å²) >= 11 is 0. The molecule has 1 aliphatic rings. The lowest BCUT2D eigenvalue weighted by atomic mass is 10.2. The van der Waals surface area contributed by atoms with Crippen LogP contribution in [0.25, 0.3) is 0 Å². The fourth-order valence-electron chi connectivity index (χ4n) is 1.78. The summed E-state index contributed by atoms with van der Waals surface area (Å²) in [6, 6.07) is 9.58. The predicted molar refractivity (Wildman–Crippen MR) is 66.3 cm³/mol. The first-order valence-corrected chi connectivity index (χ1v) is 6.21. The van der Waals surface area contributed by atoms with Gasteiger partial charge in [-0.2, -0.15) is 0 Å². The van der Waals surface area contributed by atoms with Crippen LogP contribution in [0.5, 0.6) is 0 Å². The van der Waals surface area contributed by atoms with Crippen LogP contribution in [-0.4, -0.2) is 31.6 Å². The van der Waals surface area contributed by atoms with Crippen LogP contribution < -0.4 is 0 Å². The standard InChI is InChI=1S/C14H16O5/c15-8-4-7-13(16)19-12-9-17-14(18-10-12)11-5-2-1-3-6-11/h1-3,5-6,8,12,14H,4,7,9-10H2. The van der Waals surface area contributed by atoms with E-state index in [1.807, 2.05) is 30.3 Å². The first-order chi connectivity index (χ1) is 9.29. The first kappa shape index (κ1) is 13.7. The largest absolute Gasteiger partial charge is 0.457 e. The molecule has 0 N–H and O–H groups in total. The lowest BCUT2D eigenvalue weighted by Gasteiger charge is -2.29. The van der Waals surface area contributed by atoms with Gasteiger partial charge >= 0.3 is 5.97 Å². The minimum absolute atomic E-state index is 0.0993. The number of rotatable bonds is 5. The zero-order chi connectivity index (χ0) is 13.5. The van der Waals surface area contributed by atoms with Crippen molar-refractivity contribution in [3.05, 3.63) is 35.9 Å². The second-order valence-corrected chi connectivity index (χ2v) is 4.23. The molecule has 1 fully saturated rings. The van der Waals surface area contributed by atoms with Crippen molar-refractivity contribution < 1.29 is 23.8 Å². The molecule has 0 spiro atoms. The van der Waals surface area contributed by atoms with Crippen LogP contribution in [0.4, 0.5) is 0 Å². The van der Waals surface area contributed by atoms with Crippen LogP contribution >= 0.6 is 0 Å². The zero-order valence-electron chi connectivity index (χ0n) is 10.5. The van der Waals surface area contributed by atoms with Gasteiger partial charge in [-0.15, -0.1) is 0 Å². The van der Waals surface area contributed by atoms with E-state index in [4.69, 9.17) is 14.2 Å². The van der Waals surface area contributed by atoms with Gasteiger partial charge in [0, 0.05) is 12.0 Å². The predicted octanol–water partition coefficient (Wildman–Crippen LogP) is 1.62. The fraction of sp³-hybridized carbons (Fsp3) is 0.429. The summed E-state index contributed by atoms with van der Waals surface area (Å²) in [7, 11) is 0. The number of aldehydes is 1. The number of carbonyl (C=O) groups is 2. The molecule has 5 heteroatoms. The monoisotopic (exact) mass is 264 g/mol. The topological polar surface area (TPSA) is 61.8 Å². The number of hydrogen-bond donors (Lipinski definition) is 0. The van der Waals surface area contributed by atoms with E-state index in [-0.39, 0.29) is 12.8 Å². The molecular formula is C14H16O5. The summed E-state index contributed by atoms with van der Waals surface area (Å²) < 4.78 is 16.2. The van der Waals surface area contributed by atoms with Crippen LogP contribution in [0.3, 0.4) is 0 Å². The molecular weight excluding hydrogens is 248 g/mol. The van der Waals surface area contributed by atoms with Crippen molar-refractivity contribution in [2.24, 2.45) is 0 Å². The lowest BCUT2D eigenvalue weighted by molar-refractivity contribution is -0.229. The minimum Gasteiger partial charge on any atom is -0.457 e. The maximum absolute atomic E-state index is 11.3. The number of hydrogen-bond acceptors (Lipinski definition) is 5. The molecule has 1 aromatic carbocycles. The Balaban J connectivity index is 1.76.